The number of para-hydroxylation sites is 1. The molecule has 0 saturated heterocycles. The van der Waals surface area contributed by atoms with Crippen LogP contribution in [0.2, 0.25) is 5.02 Å². The maximum atomic E-state index is 6.25. The summed E-state index contributed by atoms with van der Waals surface area (Å²) in [6.45, 7) is 5.47. The van der Waals surface area contributed by atoms with Crippen LogP contribution < -0.4 is 10.1 Å². The summed E-state index contributed by atoms with van der Waals surface area (Å²) in [6.07, 6.45) is 7.59. The van der Waals surface area contributed by atoms with Crippen LogP contribution in [0.15, 0.2) is 36.9 Å². The molecule has 2 rings (SSSR count). The van der Waals surface area contributed by atoms with Crippen molar-refractivity contribution < 1.29 is 4.74 Å². The summed E-state index contributed by atoms with van der Waals surface area (Å²) in [5.41, 5.74) is 1.11. The van der Waals surface area contributed by atoms with Crippen LogP contribution in [0.3, 0.4) is 0 Å². The first kappa shape index (κ1) is 15.9. The summed E-state index contributed by atoms with van der Waals surface area (Å²) >= 11 is 6.25. The molecule has 0 atom stereocenters. The van der Waals surface area contributed by atoms with Gasteiger partial charge in [0.05, 0.1) is 18.0 Å². The molecule has 5 heteroatoms. The Morgan fingerprint density at radius 1 is 1.38 bits per heavy atom. The summed E-state index contributed by atoms with van der Waals surface area (Å²) in [5, 5.41) is 4.06. The van der Waals surface area contributed by atoms with Crippen LogP contribution in [0, 0.1) is 0 Å². The lowest BCUT2D eigenvalue weighted by Crippen LogP contribution is -2.15. The van der Waals surface area contributed by atoms with Gasteiger partial charge in [0.15, 0.2) is 0 Å². The minimum Gasteiger partial charge on any atom is -0.492 e. The average Bonchev–Trinajstić information content (AvgIpc) is 2.99. The van der Waals surface area contributed by atoms with E-state index in [1.54, 1.807) is 6.20 Å². The molecule has 21 heavy (non-hydrogen) atoms. The van der Waals surface area contributed by atoms with Gasteiger partial charge in [0.1, 0.15) is 5.75 Å². The lowest BCUT2D eigenvalue weighted by Gasteiger charge is -2.14. The second-order valence-corrected chi connectivity index (χ2v) is 5.31. The summed E-state index contributed by atoms with van der Waals surface area (Å²) in [7, 11) is 0. The Labute approximate surface area is 131 Å². The number of aryl methyl sites for hydroxylation is 1. The number of hydrogen-bond acceptors (Lipinski definition) is 3. The third-order valence-corrected chi connectivity index (χ3v) is 3.45. The van der Waals surface area contributed by atoms with E-state index in [2.05, 4.69) is 23.3 Å². The number of hydrogen-bond donors (Lipinski definition) is 1. The normalized spacial score (nSPS) is 10.8. The number of ether oxygens (including phenoxy) is 1. The highest BCUT2D eigenvalue weighted by molar-refractivity contribution is 6.32. The van der Waals surface area contributed by atoms with Crippen molar-refractivity contribution in [3.63, 3.8) is 0 Å². The Kier molecular flexibility index (Phi) is 6.57. The Morgan fingerprint density at radius 3 is 3.05 bits per heavy atom. The van der Waals surface area contributed by atoms with Gasteiger partial charge in [0.2, 0.25) is 0 Å². The van der Waals surface area contributed by atoms with Crippen LogP contribution in [0.1, 0.15) is 25.3 Å². The van der Waals surface area contributed by atoms with Crippen LogP contribution in [0.25, 0.3) is 0 Å². The molecule has 0 fully saturated rings. The van der Waals surface area contributed by atoms with Crippen molar-refractivity contribution in [2.24, 2.45) is 0 Å². The second-order valence-electron chi connectivity index (χ2n) is 4.91. The molecule has 0 aliphatic rings. The van der Waals surface area contributed by atoms with E-state index in [1.165, 1.54) is 0 Å². The first-order valence-corrected chi connectivity index (χ1v) is 7.75. The highest BCUT2D eigenvalue weighted by Crippen LogP contribution is 2.28. The molecule has 0 saturated carbocycles. The number of benzene rings is 1. The van der Waals surface area contributed by atoms with E-state index in [0.29, 0.717) is 11.6 Å². The third-order valence-electron chi connectivity index (χ3n) is 3.16. The van der Waals surface area contributed by atoms with Crippen LogP contribution >= 0.6 is 11.6 Å². The van der Waals surface area contributed by atoms with E-state index in [-0.39, 0.29) is 0 Å². The molecule has 0 aliphatic carbocycles. The first-order valence-electron chi connectivity index (χ1n) is 7.38. The second kappa shape index (κ2) is 8.70. The third kappa shape index (κ3) is 5.06. The summed E-state index contributed by atoms with van der Waals surface area (Å²) in [6, 6.07) is 5.89. The topological polar surface area (TPSA) is 39.1 Å². The fourth-order valence-corrected chi connectivity index (χ4v) is 2.34. The molecule has 0 amide bonds. The molecule has 114 valence electrons. The first-order chi connectivity index (χ1) is 10.3. The van der Waals surface area contributed by atoms with Gasteiger partial charge in [-0.05, 0) is 25.5 Å². The van der Waals surface area contributed by atoms with E-state index in [0.717, 1.165) is 43.8 Å². The van der Waals surface area contributed by atoms with Gasteiger partial charge in [0, 0.05) is 31.0 Å². The molecule has 0 spiro atoms. The minimum absolute atomic E-state index is 0.642. The van der Waals surface area contributed by atoms with Crippen LogP contribution in [0.5, 0.6) is 5.75 Å². The van der Waals surface area contributed by atoms with Crippen LogP contribution in [-0.2, 0) is 13.1 Å². The number of aromatic nitrogens is 2. The quantitative estimate of drug-likeness (QED) is 0.721. The van der Waals surface area contributed by atoms with E-state index >= 15 is 0 Å². The fraction of sp³-hybridized carbons (Fsp3) is 0.438. The van der Waals surface area contributed by atoms with Crippen molar-refractivity contribution in [2.75, 3.05) is 13.2 Å². The Morgan fingerprint density at radius 2 is 2.29 bits per heavy atom. The summed E-state index contributed by atoms with van der Waals surface area (Å²) < 4.78 is 7.93. The van der Waals surface area contributed by atoms with Gasteiger partial charge in [-0.15, -0.1) is 0 Å². The maximum absolute atomic E-state index is 6.25. The van der Waals surface area contributed by atoms with Crippen LogP contribution in [-0.4, -0.2) is 22.7 Å². The van der Waals surface area contributed by atoms with E-state index < -0.39 is 0 Å². The SMILES string of the molecule is CCCNCc1cccc(Cl)c1OCCCn1ccnc1. The number of nitrogens with zero attached hydrogens (tertiary/aromatic N) is 2. The average molecular weight is 308 g/mol. The Hall–Kier alpha value is -1.52. The summed E-state index contributed by atoms with van der Waals surface area (Å²) in [5.74, 6) is 0.799. The van der Waals surface area contributed by atoms with Crippen molar-refractivity contribution in [1.82, 2.24) is 14.9 Å². The lowest BCUT2D eigenvalue weighted by atomic mass is 10.2. The van der Waals surface area contributed by atoms with Gasteiger partial charge in [-0.3, -0.25) is 0 Å². The Balaban J connectivity index is 1.85. The lowest BCUT2D eigenvalue weighted by molar-refractivity contribution is 0.298. The van der Waals surface area contributed by atoms with Crippen molar-refractivity contribution in [3.05, 3.63) is 47.5 Å². The predicted octanol–water partition coefficient (Wildman–Crippen LogP) is 3.51. The largest absolute Gasteiger partial charge is 0.492 e. The standard InChI is InChI=1S/C16H22ClN3O/c1-2-7-18-12-14-5-3-6-15(17)16(14)21-11-4-9-20-10-8-19-13-20/h3,5-6,8,10,13,18H,2,4,7,9,11-12H2,1H3. The molecule has 1 N–H and O–H groups in total. The number of imidazole rings is 1. The molecule has 1 aromatic carbocycles. The zero-order valence-corrected chi connectivity index (χ0v) is 13.1. The molecule has 0 unspecified atom stereocenters. The zero-order chi connectivity index (χ0) is 14.9. The Bertz CT molecular complexity index is 528. The minimum atomic E-state index is 0.642. The molecule has 1 heterocycles. The number of rotatable bonds is 9. The van der Waals surface area contributed by atoms with Gasteiger partial charge in [-0.2, -0.15) is 0 Å². The highest BCUT2D eigenvalue weighted by atomic mass is 35.5. The van der Waals surface area contributed by atoms with Gasteiger partial charge >= 0.3 is 0 Å². The molecular formula is C16H22ClN3O. The molecule has 0 bridgehead atoms. The van der Waals surface area contributed by atoms with Crippen molar-refractivity contribution in [1.29, 1.82) is 0 Å². The number of nitrogens with one attached hydrogen (secondary N) is 1. The number of halogens is 1. The van der Waals surface area contributed by atoms with Gasteiger partial charge in [-0.25, -0.2) is 4.98 Å². The molecule has 1 aromatic heterocycles. The smallest absolute Gasteiger partial charge is 0.142 e. The van der Waals surface area contributed by atoms with Crippen molar-refractivity contribution >= 4 is 11.6 Å². The molecular weight excluding hydrogens is 286 g/mol. The van der Waals surface area contributed by atoms with Crippen LogP contribution in [0.4, 0.5) is 0 Å². The molecule has 0 aliphatic heterocycles. The van der Waals surface area contributed by atoms with Gasteiger partial charge < -0.3 is 14.6 Å². The van der Waals surface area contributed by atoms with Crippen molar-refractivity contribution in [2.45, 2.75) is 32.9 Å². The van der Waals surface area contributed by atoms with E-state index in [1.807, 2.05) is 29.2 Å². The van der Waals surface area contributed by atoms with E-state index in [4.69, 9.17) is 16.3 Å². The maximum Gasteiger partial charge on any atom is 0.142 e. The molecule has 4 nitrogen and oxygen atoms in total. The molecule has 2 aromatic rings. The monoisotopic (exact) mass is 307 g/mol. The zero-order valence-electron chi connectivity index (χ0n) is 12.4. The van der Waals surface area contributed by atoms with Crippen molar-refractivity contribution in [3.8, 4) is 5.75 Å². The van der Waals surface area contributed by atoms with Gasteiger partial charge in [-0.1, -0.05) is 30.7 Å². The predicted molar refractivity (Wildman–Crippen MR) is 85.8 cm³/mol. The fourth-order valence-electron chi connectivity index (χ4n) is 2.09. The van der Waals surface area contributed by atoms with E-state index in [9.17, 15) is 0 Å². The molecule has 0 radical (unpaired) electrons. The summed E-state index contributed by atoms with van der Waals surface area (Å²) in [4.78, 5) is 4.02. The van der Waals surface area contributed by atoms with Gasteiger partial charge in [0.25, 0.3) is 0 Å². The highest BCUT2D eigenvalue weighted by Gasteiger charge is 2.08.